The predicted octanol–water partition coefficient (Wildman–Crippen LogP) is 3.98. The van der Waals surface area contributed by atoms with Gasteiger partial charge < -0.3 is 14.1 Å². The van der Waals surface area contributed by atoms with E-state index in [1.54, 1.807) is 17.0 Å². The van der Waals surface area contributed by atoms with E-state index in [-0.39, 0.29) is 30.1 Å². The summed E-state index contributed by atoms with van der Waals surface area (Å²) in [6.45, 7) is 2.08. The Balaban J connectivity index is 1.56. The number of hydrogen-bond donors (Lipinski definition) is 0. The third kappa shape index (κ3) is 3.06. The molecular weight excluding hydrogens is 335 g/mol. The Hall–Kier alpha value is -3.15. The summed E-state index contributed by atoms with van der Waals surface area (Å²) in [7, 11) is 0. The zero-order chi connectivity index (χ0) is 18.1. The fraction of sp³-hybridized carbons (Fsp3) is 0.200. The van der Waals surface area contributed by atoms with E-state index in [2.05, 4.69) is 4.98 Å². The second kappa shape index (κ2) is 6.63. The van der Waals surface area contributed by atoms with Crippen LogP contribution in [0.5, 0.6) is 5.75 Å². The molecule has 1 amide bonds. The van der Waals surface area contributed by atoms with Crippen molar-refractivity contribution in [1.82, 2.24) is 4.98 Å². The van der Waals surface area contributed by atoms with E-state index in [1.165, 1.54) is 12.1 Å². The van der Waals surface area contributed by atoms with Crippen molar-refractivity contribution in [3.05, 3.63) is 77.8 Å². The molecule has 3 aromatic rings. The number of fused-ring (bicyclic) bond motifs is 1. The van der Waals surface area contributed by atoms with Gasteiger partial charge in [0.15, 0.2) is 6.61 Å². The number of para-hydroxylation sites is 1. The van der Waals surface area contributed by atoms with Gasteiger partial charge >= 0.3 is 0 Å². The zero-order valence-corrected chi connectivity index (χ0v) is 14.2. The van der Waals surface area contributed by atoms with Gasteiger partial charge in [0, 0.05) is 18.2 Å². The topological polar surface area (TPSA) is 55.6 Å². The molecule has 2 heterocycles. The second-order valence-electron chi connectivity index (χ2n) is 6.19. The largest absolute Gasteiger partial charge is 0.484 e. The first-order chi connectivity index (χ1) is 12.6. The highest BCUT2D eigenvalue weighted by molar-refractivity contribution is 6.06. The van der Waals surface area contributed by atoms with Crippen LogP contribution < -0.4 is 9.64 Å². The number of carbonyl (C=O) groups excluding carboxylic acids is 1. The molecule has 0 saturated heterocycles. The summed E-state index contributed by atoms with van der Waals surface area (Å²) in [5.41, 5.74) is 1.26. The number of nitrogens with zero attached hydrogens (tertiary/aromatic N) is 2. The van der Waals surface area contributed by atoms with Gasteiger partial charge in [0.2, 0.25) is 11.7 Å². The van der Waals surface area contributed by atoms with Crippen LogP contribution in [0.2, 0.25) is 0 Å². The molecule has 132 valence electrons. The number of benzene rings is 2. The minimum atomic E-state index is -0.341. The average molecular weight is 352 g/mol. The summed E-state index contributed by atoms with van der Waals surface area (Å²) in [6, 6.07) is 15.1. The minimum Gasteiger partial charge on any atom is -0.484 e. The molecule has 5 nitrogen and oxygen atoms in total. The van der Waals surface area contributed by atoms with Crippen molar-refractivity contribution in [1.29, 1.82) is 0 Å². The number of rotatable bonds is 4. The van der Waals surface area contributed by atoms with Crippen molar-refractivity contribution < 1.29 is 18.3 Å². The van der Waals surface area contributed by atoms with Gasteiger partial charge in [-0.05, 0) is 43.3 Å². The van der Waals surface area contributed by atoms with Crippen LogP contribution in [0, 0.1) is 5.82 Å². The Kier molecular flexibility index (Phi) is 4.16. The summed E-state index contributed by atoms with van der Waals surface area (Å²) in [4.78, 5) is 18.9. The van der Waals surface area contributed by atoms with Crippen LogP contribution in [0.4, 0.5) is 10.1 Å². The predicted molar refractivity (Wildman–Crippen MR) is 93.7 cm³/mol. The molecule has 1 unspecified atom stereocenters. The minimum absolute atomic E-state index is 0.103. The molecule has 0 saturated carbocycles. The molecule has 0 fully saturated rings. The van der Waals surface area contributed by atoms with Crippen molar-refractivity contribution in [3.63, 3.8) is 0 Å². The highest BCUT2D eigenvalue weighted by Crippen LogP contribution is 2.29. The van der Waals surface area contributed by atoms with Crippen molar-refractivity contribution in [3.8, 4) is 5.75 Å². The van der Waals surface area contributed by atoms with Crippen molar-refractivity contribution >= 4 is 11.6 Å². The maximum absolute atomic E-state index is 13.2. The van der Waals surface area contributed by atoms with Gasteiger partial charge in [0.1, 0.15) is 11.6 Å². The molecule has 0 radical (unpaired) electrons. The van der Waals surface area contributed by atoms with E-state index in [0.29, 0.717) is 29.4 Å². The second-order valence-corrected chi connectivity index (χ2v) is 6.19. The molecule has 1 aliphatic rings. The molecule has 0 N–H and O–H groups in total. The summed E-state index contributed by atoms with van der Waals surface area (Å²) in [6.07, 6.45) is 0.563. The van der Waals surface area contributed by atoms with E-state index >= 15 is 0 Å². The van der Waals surface area contributed by atoms with E-state index in [4.69, 9.17) is 9.15 Å². The van der Waals surface area contributed by atoms with Crippen LogP contribution in [0.1, 0.15) is 29.1 Å². The lowest BCUT2D eigenvalue weighted by molar-refractivity contribution is 0.0937. The van der Waals surface area contributed by atoms with Gasteiger partial charge in [-0.15, -0.1) is 0 Å². The molecule has 4 rings (SSSR count). The third-order valence-electron chi connectivity index (χ3n) is 4.29. The summed E-state index contributed by atoms with van der Waals surface area (Å²) >= 11 is 0. The van der Waals surface area contributed by atoms with Gasteiger partial charge in [-0.2, -0.15) is 0 Å². The normalized spacial score (nSPS) is 16.5. The number of amides is 1. The maximum Gasteiger partial charge on any atom is 0.296 e. The SMILES string of the molecule is CC1Cc2nc(COc3ccccc3)oc2C(=O)N1c1ccc(F)cc1. The lowest BCUT2D eigenvalue weighted by Crippen LogP contribution is -2.44. The van der Waals surface area contributed by atoms with Crippen molar-refractivity contribution in [2.45, 2.75) is 26.0 Å². The average Bonchev–Trinajstić information content (AvgIpc) is 3.05. The number of hydrogen-bond acceptors (Lipinski definition) is 4. The van der Waals surface area contributed by atoms with Gasteiger partial charge in [-0.3, -0.25) is 4.79 Å². The van der Waals surface area contributed by atoms with Crippen LogP contribution in [0.3, 0.4) is 0 Å². The lowest BCUT2D eigenvalue weighted by Gasteiger charge is -2.31. The number of aromatic nitrogens is 1. The molecule has 6 heteroatoms. The third-order valence-corrected chi connectivity index (χ3v) is 4.29. The first-order valence-corrected chi connectivity index (χ1v) is 8.37. The smallest absolute Gasteiger partial charge is 0.296 e. The molecule has 2 aromatic carbocycles. The number of oxazole rings is 1. The highest BCUT2D eigenvalue weighted by Gasteiger charge is 2.35. The zero-order valence-electron chi connectivity index (χ0n) is 14.2. The molecular formula is C20H17FN2O3. The Morgan fingerprint density at radius 2 is 1.92 bits per heavy atom. The quantitative estimate of drug-likeness (QED) is 0.713. The number of ether oxygens (including phenoxy) is 1. The lowest BCUT2D eigenvalue weighted by atomic mass is 10.0. The Morgan fingerprint density at radius 1 is 1.19 bits per heavy atom. The van der Waals surface area contributed by atoms with Crippen molar-refractivity contribution in [2.24, 2.45) is 0 Å². The van der Waals surface area contributed by atoms with E-state index in [0.717, 1.165) is 0 Å². The van der Waals surface area contributed by atoms with Gasteiger partial charge in [0.05, 0.1) is 5.69 Å². The molecule has 0 spiro atoms. The summed E-state index contributed by atoms with van der Waals surface area (Å²) < 4.78 is 24.5. The van der Waals surface area contributed by atoms with Gasteiger partial charge in [0.25, 0.3) is 5.91 Å². The van der Waals surface area contributed by atoms with Crippen LogP contribution in [0.25, 0.3) is 0 Å². The first-order valence-electron chi connectivity index (χ1n) is 8.37. The van der Waals surface area contributed by atoms with E-state index in [9.17, 15) is 9.18 Å². The Morgan fingerprint density at radius 3 is 2.65 bits per heavy atom. The summed E-state index contributed by atoms with van der Waals surface area (Å²) in [5.74, 6) is 0.672. The van der Waals surface area contributed by atoms with Crippen LogP contribution >= 0.6 is 0 Å². The molecule has 1 atom stereocenters. The number of halogens is 1. The molecule has 26 heavy (non-hydrogen) atoms. The van der Waals surface area contributed by atoms with Crippen molar-refractivity contribution in [2.75, 3.05) is 4.90 Å². The fourth-order valence-electron chi connectivity index (χ4n) is 3.08. The van der Waals surface area contributed by atoms with Gasteiger partial charge in [-0.1, -0.05) is 18.2 Å². The van der Waals surface area contributed by atoms with Crippen LogP contribution in [-0.2, 0) is 13.0 Å². The molecule has 1 aromatic heterocycles. The number of anilines is 1. The molecule has 0 bridgehead atoms. The van der Waals surface area contributed by atoms with E-state index in [1.807, 2.05) is 37.3 Å². The standard InChI is InChI=1S/C20H17FN2O3/c1-13-11-17-19(20(24)23(13)15-9-7-14(21)8-10-15)26-18(22-17)12-25-16-5-3-2-4-6-16/h2-10,13H,11-12H2,1H3. The maximum atomic E-state index is 13.2. The van der Waals surface area contributed by atoms with E-state index < -0.39 is 0 Å². The monoisotopic (exact) mass is 352 g/mol. The number of carbonyl (C=O) groups is 1. The van der Waals surface area contributed by atoms with Crippen LogP contribution in [0.15, 0.2) is 59.0 Å². The molecule has 1 aliphatic heterocycles. The summed E-state index contributed by atoms with van der Waals surface area (Å²) in [5, 5.41) is 0. The highest BCUT2D eigenvalue weighted by atomic mass is 19.1. The first kappa shape index (κ1) is 16.3. The molecule has 0 aliphatic carbocycles. The Bertz CT molecular complexity index is 922. The van der Waals surface area contributed by atoms with Gasteiger partial charge in [-0.25, -0.2) is 9.37 Å². The Labute approximate surface area is 150 Å². The fourth-order valence-corrected chi connectivity index (χ4v) is 3.08. The van der Waals surface area contributed by atoms with Crippen LogP contribution in [-0.4, -0.2) is 16.9 Å².